The number of nitrogen functional groups attached to an aromatic ring is 1. The first-order chi connectivity index (χ1) is 15.7. The number of nitrogens with one attached hydrogen (secondary N) is 1. The fourth-order valence-electron chi connectivity index (χ4n) is 3.81. The average Bonchev–Trinajstić information content (AvgIpc) is 3.14. The van der Waals surface area contributed by atoms with E-state index >= 15 is 0 Å². The van der Waals surface area contributed by atoms with Gasteiger partial charge in [0.1, 0.15) is 7.85 Å². The van der Waals surface area contributed by atoms with Crippen molar-refractivity contribution in [1.29, 1.82) is 0 Å². The number of allylic oxidation sites excluding steroid dienone is 4. The van der Waals surface area contributed by atoms with Crippen molar-refractivity contribution in [2.24, 2.45) is 0 Å². The highest BCUT2D eigenvalue weighted by atomic mass is 14.8. The van der Waals surface area contributed by atoms with Gasteiger partial charge < -0.3 is 10.7 Å². The molecule has 0 amide bonds. The molecule has 3 heterocycles. The van der Waals surface area contributed by atoms with Crippen LogP contribution in [0.5, 0.6) is 0 Å². The minimum atomic E-state index is 0.514. The van der Waals surface area contributed by atoms with Gasteiger partial charge in [-0.15, -0.1) is 0 Å². The van der Waals surface area contributed by atoms with Gasteiger partial charge in [-0.2, -0.15) is 0 Å². The second-order valence-corrected chi connectivity index (χ2v) is 8.33. The Morgan fingerprint density at radius 2 is 1.97 bits per heavy atom. The highest BCUT2D eigenvalue weighted by molar-refractivity contribution is 6.35. The number of H-pyrrole nitrogens is 1. The summed E-state index contributed by atoms with van der Waals surface area (Å²) in [6, 6.07) is 10.5. The molecule has 0 unspecified atom stereocenters. The van der Waals surface area contributed by atoms with Crippen LogP contribution in [0, 0.1) is 13.8 Å². The summed E-state index contributed by atoms with van der Waals surface area (Å²) in [5, 5.41) is 1.27. The zero-order valence-electron chi connectivity index (χ0n) is 20.0. The number of anilines is 1. The quantitative estimate of drug-likeness (QED) is 0.234. The van der Waals surface area contributed by atoms with Crippen molar-refractivity contribution >= 4 is 46.6 Å². The molecule has 3 N–H and O–H groups in total. The Kier molecular flexibility index (Phi) is 7.54. The van der Waals surface area contributed by atoms with Crippen molar-refractivity contribution in [3.8, 4) is 0 Å². The molecule has 0 saturated heterocycles. The number of rotatable bonds is 5. The number of nitrogens with zero attached hydrogens (tertiary/aromatic N) is 2. The van der Waals surface area contributed by atoms with E-state index in [1.807, 2.05) is 0 Å². The largest absolute Gasteiger partial charge is 0.397 e. The van der Waals surface area contributed by atoms with Gasteiger partial charge in [-0.05, 0) is 81.0 Å². The molecule has 0 atom stereocenters. The van der Waals surface area contributed by atoms with Gasteiger partial charge in [0.15, 0.2) is 0 Å². The molecule has 0 bridgehead atoms. The maximum absolute atomic E-state index is 5.84. The predicted octanol–water partition coefficient (Wildman–Crippen LogP) is 5.89. The van der Waals surface area contributed by atoms with Crippen molar-refractivity contribution in [3.05, 3.63) is 89.8 Å². The van der Waals surface area contributed by atoms with E-state index in [4.69, 9.17) is 13.6 Å². The Morgan fingerprint density at radius 1 is 1.21 bits per heavy atom. The molecule has 3 aromatic heterocycles. The van der Waals surface area contributed by atoms with Crippen LogP contribution in [0.4, 0.5) is 5.69 Å². The molecule has 5 heteroatoms. The van der Waals surface area contributed by atoms with Crippen LogP contribution in [0.2, 0.25) is 0 Å². The van der Waals surface area contributed by atoms with Crippen molar-refractivity contribution in [1.82, 2.24) is 15.0 Å². The first-order valence-corrected chi connectivity index (χ1v) is 11.1. The third-order valence-electron chi connectivity index (χ3n) is 5.83. The van der Waals surface area contributed by atoms with Crippen LogP contribution in [0.3, 0.4) is 0 Å². The fraction of sp³-hybridized carbons (Fsp3) is 0.214. The molecule has 4 rings (SSSR count). The Hall–Kier alpha value is -3.60. The lowest BCUT2D eigenvalue weighted by Gasteiger charge is -2.07. The summed E-state index contributed by atoms with van der Waals surface area (Å²) in [6.07, 6.45) is 7.70. The molecule has 0 saturated carbocycles. The van der Waals surface area contributed by atoms with E-state index in [0.717, 1.165) is 46.2 Å². The molecule has 2 radical (unpaired) electrons. The number of hydrogen-bond donors (Lipinski definition) is 2. The van der Waals surface area contributed by atoms with E-state index in [1.165, 1.54) is 22.1 Å². The van der Waals surface area contributed by atoms with E-state index in [9.17, 15) is 0 Å². The Labute approximate surface area is 197 Å². The number of benzene rings is 1. The summed E-state index contributed by atoms with van der Waals surface area (Å²) >= 11 is 0. The maximum atomic E-state index is 5.84. The third-order valence-corrected chi connectivity index (χ3v) is 5.83. The summed E-state index contributed by atoms with van der Waals surface area (Å²) in [5.41, 5.74) is 16.3. The van der Waals surface area contributed by atoms with Gasteiger partial charge in [-0.25, -0.2) is 0 Å². The van der Waals surface area contributed by atoms with Gasteiger partial charge in [0.25, 0.3) is 0 Å². The van der Waals surface area contributed by atoms with Crippen molar-refractivity contribution in [2.75, 3.05) is 5.73 Å². The highest BCUT2D eigenvalue weighted by Crippen LogP contribution is 2.24. The van der Waals surface area contributed by atoms with E-state index in [1.54, 1.807) is 18.3 Å². The molecule has 4 aromatic rings. The molecule has 0 spiro atoms. The molecular formula is C28H31BN4. The second kappa shape index (κ2) is 10.3. The Bertz CT molecular complexity index is 1360. The minimum Gasteiger partial charge on any atom is -0.397 e. The Balaban J connectivity index is 0.000000189. The number of aromatic amines is 1. The molecule has 0 aliphatic carbocycles. The van der Waals surface area contributed by atoms with Gasteiger partial charge in [0.05, 0.1) is 22.2 Å². The summed E-state index contributed by atoms with van der Waals surface area (Å²) in [6.45, 7) is 16.0. The van der Waals surface area contributed by atoms with E-state index in [-0.39, 0.29) is 0 Å². The van der Waals surface area contributed by atoms with Crippen LogP contribution in [-0.2, 0) is 6.42 Å². The maximum Gasteiger partial charge on any atom is 0.139 e. The predicted molar refractivity (Wildman–Crippen MR) is 144 cm³/mol. The van der Waals surface area contributed by atoms with Crippen molar-refractivity contribution < 1.29 is 0 Å². The molecule has 0 aliphatic heterocycles. The molecule has 33 heavy (non-hydrogen) atoms. The summed E-state index contributed by atoms with van der Waals surface area (Å²) in [7, 11) is 5.84. The Morgan fingerprint density at radius 3 is 2.67 bits per heavy atom. The summed E-state index contributed by atoms with van der Waals surface area (Å²) < 4.78 is 0. The zero-order valence-corrected chi connectivity index (χ0v) is 20.0. The van der Waals surface area contributed by atoms with Gasteiger partial charge >= 0.3 is 0 Å². The third kappa shape index (κ3) is 5.43. The van der Waals surface area contributed by atoms with E-state index in [2.05, 4.69) is 86.1 Å². The average molecular weight is 434 g/mol. The standard InChI is InChI=1S/C17H21N.C11H10BN3/c1-5-12(2)6-7-15-8-9-16-13(3)10-14(4)18-17(16)11-15;1-3-6(2)8-10-9(15-11(8)12)7(13)4-5-14-10/h5,8-11H,6-7H2,1-4H3;3-5,15H,1-2H2,(H2,13,14)/b12-5+;. The van der Waals surface area contributed by atoms with Crippen LogP contribution in [0.1, 0.15) is 42.7 Å². The van der Waals surface area contributed by atoms with Gasteiger partial charge in [-0.3, -0.25) is 9.97 Å². The number of aryl methyl sites for hydroxylation is 3. The van der Waals surface area contributed by atoms with Crippen LogP contribution in [0.15, 0.2) is 67.4 Å². The second-order valence-electron chi connectivity index (χ2n) is 8.33. The van der Waals surface area contributed by atoms with Crippen molar-refractivity contribution in [2.45, 2.75) is 40.5 Å². The van der Waals surface area contributed by atoms with Crippen LogP contribution in [0.25, 0.3) is 27.5 Å². The number of hydrogen-bond acceptors (Lipinski definition) is 3. The van der Waals surface area contributed by atoms with Crippen molar-refractivity contribution in [3.63, 3.8) is 0 Å². The first kappa shape index (κ1) is 24.1. The lowest BCUT2D eigenvalue weighted by Crippen LogP contribution is -2.07. The number of pyridine rings is 2. The molecular weight excluding hydrogens is 403 g/mol. The lowest BCUT2D eigenvalue weighted by atomic mass is 9.95. The SMILES string of the molecule is C/C=C(\C)CCc1ccc2c(C)cc(C)nc2c1.[B]c1[nH]c2c(N)ccnc2c1C(=C)C=C. The van der Waals surface area contributed by atoms with Crippen LogP contribution < -0.4 is 11.3 Å². The molecule has 166 valence electrons. The number of aromatic nitrogens is 3. The lowest BCUT2D eigenvalue weighted by molar-refractivity contribution is 0.939. The number of nitrogens with two attached hydrogens (primary N) is 1. The zero-order chi connectivity index (χ0) is 24.1. The van der Waals surface area contributed by atoms with Crippen LogP contribution >= 0.6 is 0 Å². The van der Waals surface area contributed by atoms with E-state index in [0.29, 0.717) is 11.3 Å². The fourth-order valence-corrected chi connectivity index (χ4v) is 3.81. The van der Waals surface area contributed by atoms with E-state index < -0.39 is 0 Å². The van der Waals surface area contributed by atoms with Crippen LogP contribution in [-0.4, -0.2) is 22.8 Å². The minimum absolute atomic E-state index is 0.514. The summed E-state index contributed by atoms with van der Waals surface area (Å²) in [4.78, 5) is 11.9. The highest BCUT2D eigenvalue weighted by Gasteiger charge is 2.11. The molecule has 0 aliphatic rings. The normalized spacial score (nSPS) is 11.3. The monoisotopic (exact) mass is 434 g/mol. The molecule has 1 aromatic carbocycles. The molecule has 4 nitrogen and oxygen atoms in total. The molecule has 0 fully saturated rings. The topological polar surface area (TPSA) is 67.6 Å². The van der Waals surface area contributed by atoms with Gasteiger partial charge in [0.2, 0.25) is 0 Å². The van der Waals surface area contributed by atoms with Gasteiger partial charge in [0, 0.05) is 22.8 Å². The smallest absolute Gasteiger partial charge is 0.139 e. The summed E-state index contributed by atoms with van der Waals surface area (Å²) in [5.74, 6) is 0. The van der Waals surface area contributed by atoms with Gasteiger partial charge in [-0.1, -0.05) is 43.0 Å². The number of fused-ring (bicyclic) bond motifs is 2. The first-order valence-electron chi connectivity index (χ1n) is 11.1.